The minimum Gasteiger partial charge on any atom is -0.481 e. The first-order valence-corrected chi connectivity index (χ1v) is 12.1. The van der Waals surface area contributed by atoms with Gasteiger partial charge in [-0.15, -0.1) is 6.58 Å². The fraction of sp³-hybridized carbons (Fsp3) is 0.792. The lowest BCUT2D eigenvalue weighted by atomic mass is 9.70. The van der Waals surface area contributed by atoms with Crippen molar-refractivity contribution in [2.75, 3.05) is 26.2 Å². The van der Waals surface area contributed by atoms with Crippen LogP contribution in [-0.2, 0) is 19.1 Å². The highest BCUT2D eigenvalue weighted by Crippen LogP contribution is 2.58. The van der Waals surface area contributed by atoms with Crippen molar-refractivity contribution in [1.82, 2.24) is 9.80 Å². The van der Waals surface area contributed by atoms with Crippen LogP contribution in [0.25, 0.3) is 0 Å². The van der Waals surface area contributed by atoms with Crippen LogP contribution in [-0.4, -0.2) is 81.8 Å². The van der Waals surface area contributed by atoms with E-state index in [1.54, 1.807) is 15.9 Å². The Morgan fingerprint density at radius 2 is 2.00 bits per heavy atom. The minimum absolute atomic E-state index is 0.138. The van der Waals surface area contributed by atoms with Crippen LogP contribution in [0.15, 0.2) is 12.7 Å². The van der Waals surface area contributed by atoms with Crippen molar-refractivity contribution < 1.29 is 29.3 Å². The summed E-state index contributed by atoms with van der Waals surface area (Å²) in [6.07, 6.45) is 8.30. The maximum atomic E-state index is 13.8. The number of aliphatic hydroxyl groups is 1. The van der Waals surface area contributed by atoms with Crippen LogP contribution in [0.2, 0.25) is 0 Å². The highest BCUT2D eigenvalue weighted by Gasteiger charge is 2.74. The molecule has 0 aromatic carbocycles. The second-order valence-corrected chi connectivity index (χ2v) is 9.34. The molecule has 2 bridgehead atoms. The summed E-state index contributed by atoms with van der Waals surface area (Å²) in [6, 6.07) is -0.784. The zero-order chi connectivity index (χ0) is 23.3. The number of carboxylic acid groups (broad SMARTS) is 1. The Hall–Kier alpha value is -1.93. The Morgan fingerprint density at radius 1 is 1.25 bits per heavy atom. The van der Waals surface area contributed by atoms with E-state index < -0.39 is 35.6 Å². The molecule has 1 spiro atoms. The number of aliphatic hydroxyl groups excluding tert-OH is 1. The van der Waals surface area contributed by atoms with Gasteiger partial charge < -0.3 is 24.7 Å². The number of nitrogens with zero attached hydrogens (tertiary/aromatic N) is 2. The molecule has 32 heavy (non-hydrogen) atoms. The van der Waals surface area contributed by atoms with E-state index in [9.17, 15) is 19.5 Å². The number of fused-ring (bicyclic) bond motifs is 1. The number of hydrogen-bond acceptors (Lipinski definition) is 5. The summed E-state index contributed by atoms with van der Waals surface area (Å²) in [4.78, 5) is 42.7. The third-order valence-electron chi connectivity index (χ3n) is 7.32. The Kier molecular flexibility index (Phi) is 8.33. The van der Waals surface area contributed by atoms with Gasteiger partial charge in [-0.3, -0.25) is 14.4 Å². The Bertz CT molecular complexity index is 713. The predicted molar refractivity (Wildman–Crippen MR) is 119 cm³/mol. The maximum absolute atomic E-state index is 13.8. The van der Waals surface area contributed by atoms with Crippen molar-refractivity contribution in [3.05, 3.63) is 12.7 Å². The number of rotatable bonds is 14. The second-order valence-electron chi connectivity index (χ2n) is 9.34. The molecule has 0 aromatic heterocycles. The maximum Gasteiger partial charge on any atom is 0.310 e. The summed E-state index contributed by atoms with van der Waals surface area (Å²) >= 11 is 0. The van der Waals surface area contributed by atoms with Gasteiger partial charge in [-0.25, -0.2) is 0 Å². The second kappa shape index (κ2) is 10.8. The molecule has 0 aromatic rings. The van der Waals surface area contributed by atoms with Gasteiger partial charge in [-0.2, -0.15) is 0 Å². The zero-order valence-electron chi connectivity index (χ0n) is 19.2. The highest BCUT2D eigenvalue weighted by molar-refractivity contribution is 5.98. The Balaban J connectivity index is 1.87. The van der Waals surface area contributed by atoms with Gasteiger partial charge in [0.25, 0.3) is 0 Å². The van der Waals surface area contributed by atoms with E-state index in [0.29, 0.717) is 45.3 Å². The van der Waals surface area contributed by atoms with E-state index in [2.05, 4.69) is 13.5 Å². The Labute approximate surface area is 190 Å². The van der Waals surface area contributed by atoms with Gasteiger partial charge in [0.05, 0.1) is 17.9 Å². The molecule has 8 heteroatoms. The molecule has 2 N–H and O–H groups in total. The number of unbranched alkanes of at least 4 members (excludes halogenated alkanes) is 5. The fourth-order valence-electron chi connectivity index (χ4n) is 5.87. The topological polar surface area (TPSA) is 107 Å². The van der Waals surface area contributed by atoms with E-state index in [1.807, 2.05) is 0 Å². The summed E-state index contributed by atoms with van der Waals surface area (Å²) in [5, 5.41) is 18.8. The number of amides is 2. The number of hydrogen-bond donors (Lipinski definition) is 2. The molecular formula is C24H38N2O6. The molecule has 0 unspecified atom stereocenters. The highest BCUT2D eigenvalue weighted by atomic mass is 16.5. The van der Waals surface area contributed by atoms with Crippen LogP contribution < -0.4 is 0 Å². The van der Waals surface area contributed by atoms with Crippen molar-refractivity contribution in [1.29, 1.82) is 0 Å². The van der Waals surface area contributed by atoms with Gasteiger partial charge >= 0.3 is 5.97 Å². The standard InChI is InChI=1S/C24H38N2O6/c1-3-5-8-14-25(13-4-2)22(29)20-24-12-11-17(32-24)18(23(30)31)19(24)21(28)26(20)15-9-6-7-10-16-27/h4,17-20,27H,2-3,5-16H2,1H3,(H,30,31)/t17-,18+,19+,20-,24+/m0/s1. The molecule has 3 fully saturated rings. The molecule has 3 aliphatic heterocycles. The van der Waals surface area contributed by atoms with E-state index in [0.717, 1.165) is 32.1 Å². The van der Waals surface area contributed by atoms with E-state index >= 15 is 0 Å². The smallest absolute Gasteiger partial charge is 0.310 e. The lowest BCUT2D eigenvalue weighted by molar-refractivity contribution is -0.151. The van der Waals surface area contributed by atoms with E-state index in [1.165, 1.54) is 0 Å². The number of aliphatic carboxylic acids is 1. The summed E-state index contributed by atoms with van der Waals surface area (Å²) in [6.45, 7) is 7.41. The largest absolute Gasteiger partial charge is 0.481 e. The summed E-state index contributed by atoms with van der Waals surface area (Å²) in [5.74, 6) is -3.12. The average molecular weight is 451 g/mol. The monoisotopic (exact) mass is 450 g/mol. The predicted octanol–water partition coefficient (Wildman–Crippen LogP) is 2.20. The van der Waals surface area contributed by atoms with Gasteiger partial charge in [0.1, 0.15) is 11.6 Å². The van der Waals surface area contributed by atoms with Crippen LogP contribution >= 0.6 is 0 Å². The zero-order valence-corrected chi connectivity index (χ0v) is 19.2. The van der Waals surface area contributed by atoms with Crippen molar-refractivity contribution >= 4 is 17.8 Å². The van der Waals surface area contributed by atoms with E-state index in [4.69, 9.17) is 9.84 Å². The third kappa shape index (κ3) is 4.44. The summed E-state index contributed by atoms with van der Waals surface area (Å²) < 4.78 is 6.24. The van der Waals surface area contributed by atoms with Crippen LogP contribution in [0.1, 0.15) is 64.7 Å². The summed E-state index contributed by atoms with van der Waals surface area (Å²) in [5.41, 5.74) is -1.04. The molecule has 8 nitrogen and oxygen atoms in total. The van der Waals surface area contributed by atoms with Gasteiger partial charge in [0, 0.05) is 26.2 Å². The van der Waals surface area contributed by atoms with Gasteiger partial charge in [-0.05, 0) is 32.1 Å². The first-order valence-electron chi connectivity index (χ1n) is 12.1. The van der Waals surface area contributed by atoms with Crippen LogP contribution in [0, 0.1) is 11.8 Å². The lowest BCUT2D eigenvalue weighted by Gasteiger charge is -2.36. The first-order chi connectivity index (χ1) is 15.4. The first kappa shape index (κ1) is 24.7. The summed E-state index contributed by atoms with van der Waals surface area (Å²) in [7, 11) is 0. The molecule has 2 amide bonds. The average Bonchev–Trinajstić information content (AvgIpc) is 3.40. The van der Waals surface area contributed by atoms with Gasteiger partial charge in [0.15, 0.2) is 0 Å². The van der Waals surface area contributed by atoms with Crippen molar-refractivity contribution in [2.24, 2.45) is 11.8 Å². The normalized spacial score (nSPS) is 30.6. The SMILES string of the molecule is C=CCN(CCCCC)C(=O)[C@@H]1N(CCCCCCO)C(=O)[C@H]2[C@H](C(=O)O)[C@@H]3CC[C@]12O3. The fourth-order valence-corrected chi connectivity index (χ4v) is 5.87. The molecule has 3 heterocycles. The van der Waals surface area contributed by atoms with Crippen molar-refractivity contribution in [3.8, 4) is 0 Å². The molecule has 5 atom stereocenters. The molecule has 3 aliphatic rings. The van der Waals surface area contributed by atoms with Crippen molar-refractivity contribution in [3.63, 3.8) is 0 Å². The van der Waals surface area contributed by atoms with Gasteiger partial charge in [0.2, 0.25) is 11.8 Å². The lowest BCUT2D eigenvalue weighted by Crippen LogP contribution is -2.56. The number of ether oxygens (including phenoxy) is 1. The van der Waals surface area contributed by atoms with Crippen LogP contribution in [0.5, 0.6) is 0 Å². The van der Waals surface area contributed by atoms with Crippen LogP contribution in [0.4, 0.5) is 0 Å². The third-order valence-corrected chi connectivity index (χ3v) is 7.32. The minimum atomic E-state index is -1.04. The number of carbonyl (C=O) groups is 3. The van der Waals surface area contributed by atoms with E-state index in [-0.39, 0.29) is 18.4 Å². The van der Waals surface area contributed by atoms with Crippen LogP contribution in [0.3, 0.4) is 0 Å². The molecular weight excluding hydrogens is 412 g/mol. The molecule has 0 aliphatic carbocycles. The quantitative estimate of drug-likeness (QED) is 0.310. The molecule has 3 saturated heterocycles. The number of likely N-dealkylation sites (tertiary alicyclic amines) is 1. The van der Waals surface area contributed by atoms with Gasteiger partial charge in [-0.1, -0.05) is 38.7 Å². The Morgan fingerprint density at radius 3 is 2.66 bits per heavy atom. The van der Waals surface area contributed by atoms with Crippen molar-refractivity contribution in [2.45, 2.75) is 82.5 Å². The molecule has 0 radical (unpaired) electrons. The number of carboxylic acids is 1. The number of carbonyl (C=O) groups excluding carboxylic acids is 2. The molecule has 180 valence electrons. The molecule has 0 saturated carbocycles. The molecule has 3 rings (SSSR count).